The minimum atomic E-state index is -0.949. The van der Waals surface area contributed by atoms with Crippen molar-refractivity contribution in [2.24, 2.45) is 5.92 Å². The molecular formula is C29H35N3O4S. The molecule has 1 aliphatic rings. The van der Waals surface area contributed by atoms with E-state index in [2.05, 4.69) is 31.8 Å². The van der Waals surface area contributed by atoms with Crippen molar-refractivity contribution in [1.29, 1.82) is 0 Å². The van der Waals surface area contributed by atoms with Crippen LogP contribution in [-0.2, 0) is 17.9 Å². The lowest BCUT2D eigenvalue weighted by Gasteiger charge is -2.16. The van der Waals surface area contributed by atoms with Crippen LogP contribution in [-0.4, -0.2) is 38.4 Å². The Morgan fingerprint density at radius 3 is 2.49 bits per heavy atom. The summed E-state index contributed by atoms with van der Waals surface area (Å²) in [5.74, 6) is -0.248. The molecule has 4 rings (SSSR count). The summed E-state index contributed by atoms with van der Waals surface area (Å²) in [5.41, 5.74) is 4.78. The van der Waals surface area contributed by atoms with Crippen LogP contribution < -0.4 is 10.1 Å². The number of aromatic nitrogens is 2. The summed E-state index contributed by atoms with van der Waals surface area (Å²) >= 11 is 4.50. The molecule has 1 amide bonds. The fraction of sp³-hybridized carbons (Fsp3) is 0.414. The van der Waals surface area contributed by atoms with Gasteiger partial charge in [-0.05, 0) is 54.9 Å². The highest BCUT2D eigenvalue weighted by Gasteiger charge is 2.32. The number of benzene rings is 2. The first-order chi connectivity index (χ1) is 17.8. The Balaban J connectivity index is 1.60. The second-order valence-electron chi connectivity index (χ2n) is 9.93. The molecule has 1 fully saturated rings. The molecule has 1 saturated carbocycles. The van der Waals surface area contributed by atoms with E-state index in [0.29, 0.717) is 49.5 Å². The topological polar surface area (TPSA) is 93.5 Å². The van der Waals surface area contributed by atoms with E-state index in [1.807, 2.05) is 47.9 Å². The molecule has 2 aromatic carbocycles. The number of nitrogens with one attached hydrogen (secondary N) is 1. The largest absolute Gasteiger partial charge is 0.478 e. The summed E-state index contributed by atoms with van der Waals surface area (Å²) in [5, 5.41) is 12.3. The van der Waals surface area contributed by atoms with Crippen molar-refractivity contribution >= 4 is 24.5 Å². The molecule has 0 saturated heterocycles. The number of aromatic carboxylic acids is 1. The second-order valence-corrected chi connectivity index (χ2v) is 10.6. The number of amides is 1. The first-order valence-electron chi connectivity index (χ1n) is 12.9. The van der Waals surface area contributed by atoms with Gasteiger partial charge in [0.1, 0.15) is 0 Å². The van der Waals surface area contributed by atoms with Crippen LogP contribution in [0.15, 0.2) is 48.5 Å². The Hall–Kier alpha value is -3.26. The molecule has 37 heavy (non-hydrogen) atoms. The number of rotatable bonds is 12. The summed E-state index contributed by atoms with van der Waals surface area (Å²) in [6.07, 6.45) is 2.89. The molecule has 0 radical (unpaired) electrons. The Morgan fingerprint density at radius 2 is 1.86 bits per heavy atom. The summed E-state index contributed by atoms with van der Waals surface area (Å²) in [7, 11) is 0. The number of hydrogen-bond acceptors (Lipinski definition) is 5. The fourth-order valence-electron chi connectivity index (χ4n) is 4.49. The van der Waals surface area contributed by atoms with Crippen molar-refractivity contribution in [3.63, 3.8) is 0 Å². The number of ether oxygens (including phenoxy) is 1. The van der Waals surface area contributed by atoms with E-state index >= 15 is 0 Å². The molecule has 196 valence electrons. The lowest BCUT2D eigenvalue weighted by Crippen LogP contribution is -2.32. The van der Waals surface area contributed by atoms with Gasteiger partial charge in [-0.25, -0.2) is 4.79 Å². The number of nitrogens with zero attached hydrogens (tertiary/aromatic N) is 2. The average Bonchev–Trinajstić information content (AvgIpc) is 3.67. The van der Waals surface area contributed by atoms with Crippen LogP contribution in [0.4, 0.5) is 0 Å². The lowest BCUT2D eigenvalue weighted by molar-refractivity contribution is -0.121. The maximum atomic E-state index is 12.7. The average molecular weight is 522 g/mol. The summed E-state index contributed by atoms with van der Waals surface area (Å²) < 4.78 is 7.96. The monoisotopic (exact) mass is 521 g/mol. The smallest absolute Gasteiger partial charge is 0.336 e. The van der Waals surface area contributed by atoms with Crippen molar-refractivity contribution in [2.75, 3.05) is 6.61 Å². The van der Waals surface area contributed by atoms with Crippen molar-refractivity contribution in [3.8, 4) is 17.1 Å². The van der Waals surface area contributed by atoms with Crippen LogP contribution in [0, 0.1) is 5.92 Å². The van der Waals surface area contributed by atoms with Gasteiger partial charge < -0.3 is 15.2 Å². The van der Waals surface area contributed by atoms with E-state index in [0.717, 1.165) is 35.4 Å². The van der Waals surface area contributed by atoms with E-state index in [1.165, 1.54) is 0 Å². The van der Waals surface area contributed by atoms with E-state index in [1.54, 1.807) is 12.1 Å². The SMILES string of the molecule is CCOc1nc(C2CC2)c(CNC(=O)[C@@H](S)CC(C)C)n1Cc1ccc(-c2ccccc2C(=O)O)cc1. The molecule has 1 aliphatic carbocycles. The van der Waals surface area contributed by atoms with Crippen LogP contribution >= 0.6 is 12.6 Å². The zero-order chi connectivity index (χ0) is 26.5. The third kappa shape index (κ3) is 6.55. The first-order valence-corrected chi connectivity index (χ1v) is 13.4. The standard InChI is InChI=1S/C29H35N3O4S/c1-4-36-29-31-26(21-13-14-21)24(16-30-27(33)25(37)15-18(2)3)32(29)17-19-9-11-20(12-10-19)22-7-5-6-8-23(22)28(34)35/h5-12,18,21,25,37H,4,13-17H2,1-3H3,(H,30,33)(H,34,35)/t25-/m0/s1. The van der Waals surface area contributed by atoms with Gasteiger partial charge in [0.05, 0.1) is 41.9 Å². The number of carboxylic acid groups (broad SMARTS) is 1. The summed E-state index contributed by atoms with van der Waals surface area (Å²) in [6.45, 7) is 7.48. The highest BCUT2D eigenvalue weighted by atomic mass is 32.1. The number of carbonyl (C=O) groups is 2. The van der Waals surface area contributed by atoms with Gasteiger partial charge in [-0.1, -0.05) is 56.3 Å². The normalized spacial score (nSPS) is 14.0. The molecule has 1 aromatic heterocycles. The minimum Gasteiger partial charge on any atom is -0.478 e. The molecule has 0 bridgehead atoms. The molecule has 7 nitrogen and oxygen atoms in total. The van der Waals surface area contributed by atoms with Gasteiger partial charge in [-0.15, -0.1) is 0 Å². The van der Waals surface area contributed by atoms with E-state index in [9.17, 15) is 14.7 Å². The van der Waals surface area contributed by atoms with Gasteiger partial charge in [0, 0.05) is 5.92 Å². The molecular weight excluding hydrogens is 486 g/mol. The van der Waals surface area contributed by atoms with Crippen LogP contribution in [0.3, 0.4) is 0 Å². The predicted octanol–water partition coefficient (Wildman–Crippen LogP) is 5.53. The molecule has 0 spiro atoms. The van der Waals surface area contributed by atoms with Gasteiger partial charge >= 0.3 is 5.97 Å². The zero-order valence-corrected chi connectivity index (χ0v) is 22.5. The molecule has 1 heterocycles. The van der Waals surface area contributed by atoms with Gasteiger partial charge in [0.2, 0.25) is 5.91 Å². The molecule has 8 heteroatoms. The third-order valence-corrected chi connectivity index (χ3v) is 6.94. The van der Waals surface area contributed by atoms with Crippen molar-refractivity contribution in [3.05, 3.63) is 71.0 Å². The minimum absolute atomic E-state index is 0.0778. The van der Waals surface area contributed by atoms with Gasteiger partial charge in [0.25, 0.3) is 6.01 Å². The highest BCUT2D eigenvalue weighted by molar-refractivity contribution is 7.81. The molecule has 0 aliphatic heterocycles. The third-order valence-electron chi connectivity index (χ3n) is 6.50. The number of hydrogen-bond donors (Lipinski definition) is 3. The number of carbonyl (C=O) groups excluding carboxylic acids is 1. The van der Waals surface area contributed by atoms with Crippen LogP contribution in [0.5, 0.6) is 6.01 Å². The maximum Gasteiger partial charge on any atom is 0.336 e. The number of imidazole rings is 1. The summed E-state index contributed by atoms with van der Waals surface area (Å²) in [4.78, 5) is 29.2. The van der Waals surface area contributed by atoms with Gasteiger partial charge in [0.15, 0.2) is 0 Å². The number of thiol groups is 1. The number of carboxylic acids is 1. The summed E-state index contributed by atoms with van der Waals surface area (Å²) in [6, 6.07) is 15.4. The lowest BCUT2D eigenvalue weighted by atomic mass is 9.99. The quantitative estimate of drug-likeness (QED) is 0.272. The Morgan fingerprint density at radius 1 is 1.16 bits per heavy atom. The highest BCUT2D eigenvalue weighted by Crippen LogP contribution is 2.42. The Bertz CT molecular complexity index is 1250. The Kier molecular flexibility index (Phi) is 8.59. The van der Waals surface area contributed by atoms with Gasteiger partial charge in [-0.2, -0.15) is 17.6 Å². The van der Waals surface area contributed by atoms with E-state index < -0.39 is 5.97 Å². The van der Waals surface area contributed by atoms with Crippen LogP contribution in [0.2, 0.25) is 0 Å². The fourth-order valence-corrected chi connectivity index (χ4v) is 5.00. The van der Waals surface area contributed by atoms with Crippen LogP contribution in [0.25, 0.3) is 11.1 Å². The maximum absolute atomic E-state index is 12.7. The molecule has 1 atom stereocenters. The van der Waals surface area contributed by atoms with E-state index in [-0.39, 0.29) is 16.7 Å². The molecule has 2 N–H and O–H groups in total. The molecule has 3 aromatic rings. The Labute approximate surface area is 223 Å². The predicted molar refractivity (Wildman–Crippen MR) is 147 cm³/mol. The zero-order valence-electron chi connectivity index (χ0n) is 21.6. The van der Waals surface area contributed by atoms with Gasteiger partial charge in [-0.3, -0.25) is 9.36 Å². The first kappa shape index (κ1) is 26.8. The second kappa shape index (κ2) is 11.9. The molecule has 0 unspecified atom stereocenters. The van der Waals surface area contributed by atoms with Crippen molar-refractivity contribution in [1.82, 2.24) is 14.9 Å². The van der Waals surface area contributed by atoms with E-state index in [4.69, 9.17) is 9.72 Å². The van der Waals surface area contributed by atoms with Crippen molar-refractivity contribution in [2.45, 2.75) is 64.3 Å². The van der Waals surface area contributed by atoms with Crippen molar-refractivity contribution < 1.29 is 19.4 Å². The van der Waals surface area contributed by atoms with Crippen LogP contribution in [0.1, 0.15) is 73.3 Å².